The molecule has 0 atom stereocenters. The van der Waals surface area contributed by atoms with Crippen LogP contribution in [0, 0.1) is 5.92 Å². The standard InChI is InChI=1S/C25H37FN4O2/c1-3-28-23(10-11-29-19(2)27)22-9-8-21(20-6-4-7-20)18-24(25(22)26)32-17-14-30-12-5-15-31-16-13-30/h3,8-10,20H,4-7,11-18H2,1-2H3,(H2,27,29)/b23-10+,28-3-. The van der Waals surface area contributed by atoms with Crippen LogP contribution in [0.1, 0.15) is 46.0 Å². The molecule has 2 aliphatic carbocycles. The minimum absolute atomic E-state index is 0.333. The van der Waals surface area contributed by atoms with Gasteiger partial charge < -0.3 is 15.2 Å². The van der Waals surface area contributed by atoms with E-state index in [1.165, 1.54) is 12.0 Å². The summed E-state index contributed by atoms with van der Waals surface area (Å²) in [6, 6.07) is 0. The van der Waals surface area contributed by atoms with Crippen LogP contribution in [0.25, 0.3) is 0 Å². The van der Waals surface area contributed by atoms with Gasteiger partial charge in [0.15, 0.2) is 5.83 Å². The summed E-state index contributed by atoms with van der Waals surface area (Å²) in [4.78, 5) is 10.9. The average Bonchev–Trinajstić information content (AvgIpc) is 3.07. The monoisotopic (exact) mass is 444 g/mol. The molecule has 3 aliphatic rings. The Kier molecular flexibility index (Phi) is 9.68. The lowest BCUT2D eigenvalue weighted by atomic mass is 9.78. The van der Waals surface area contributed by atoms with Crippen LogP contribution in [-0.4, -0.2) is 62.9 Å². The second-order valence-corrected chi connectivity index (χ2v) is 8.48. The Morgan fingerprint density at radius 2 is 2.12 bits per heavy atom. The summed E-state index contributed by atoms with van der Waals surface area (Å²) in [7, 11) is 0. The van der Waals surface area contributed by atoms with E-state index >= 15 is 4.39 Å². The number of amidine groups is 1. The third-order valence-corrected chi connectivity index (χ3v) is 6.11. The number of nitrogens with zero attached hydrogens (tertiary/aromatic N) is 3. The summed E-state index contributed by atoms with van der Waals surface area (Å²) in [5.74, 6) is 1.09. The largest absolute Gasteiger partial charge is 0.493 e. The molecule has 0 aromatic heterocycles. The third kappa shape index (κ3) is 7.14. The van der Waals surface area contributed by atoms with E-state index in [0.29, 0.717) is 48.4 Å². The van der Waals surface area contributed by atoms with Gasteiger partial charge in [0.1, 0.15) is 12.4 Å². The molecular formula is C25H37FN4O2. The zero-order valence-corrected chi connectivity index (χ0v) is 19.5. The van der Waals surface area contributed by atoms with Crippen molar-refractivity contribution >= 4 is 12.1 Å². The van der Waals surface area contributed by atoms with Crippen molar-refractivity contribution in [3.63, 3.8) is 0 Å². The van der Waals surface area contributed by atoms with Crippen molar-refractivity contribution in [2.75, 3.05) is 46.0 Å². The summed E-state index contributed by atoms with van der Waals surface area (Å²) in [6.45, 7) is 8.56. The molecule has 32 heavy (non-hydrogen) atoms. The number of nitrogens with two attached hydrogens (primary N) is 1. The summed E-state index contributed by atoms with van der Waals surface area (Å²) in [6.07, 6.45) is 12.5. The van der Waals surface area contributed by atoms with Crippen LogP contribution in [0.4, 0.5) is 4.39 Å². The van der Waals surface area contributed by atoms with Gasteiger partial charge in [-0.25, -0.2) is 4.39 Å². The molecule has 6 nitrogen and oxygen atoms in total. The van der Waals surface area contributed by atoms with Crippen molar-refractivity contribution < 1.29 is 13.9 Å². The van der Waals surface area contributed by atoms with Crippen LogP contribution in [0.3, 0.4) is 0 Å². The number of rotatable bonds is 9. The van der Waals surface area contributed by atoms with E-state index in [0.717, 1.165) is 52.1 Å². The summed E-state index contributed by atoms with van der Waals surface area (Å²) >= 11 is 0. The van der Waals surface area contributed by atoms with Gasteiger partial charge in [-0.3, -0.25) is 14.9 Å². The summed E-state index contributed by atoms with van der Waals surface area (Å²) < 4.78 is 27.4. The molecule has 0 radical (unpaired) electrons. The molecule has 1 saturated carbocycles. The molecule has 2 N–H and O–H groups in total. The summed E-state index contributed by atoms with van der Waals surface area (Å²) in [5.41, 5.74) is 7.89. The van der Waals surface area contributed by atoms with Crippen molar-refractivity contribution in [3.05, 3.63) is 46.7 Å². The summed E-state index contributed by atoms with van der Waals surface area (Å²) in [5, 5.41) is 0. The molecule has 0 spiro atoms. The quantitative estimate of drug-likeness (QED) is 0.425. The molecule has 2 fully saturated rings. The Labute approximate surface area is 191 Å². The first kappa shape index (κ1) is 24.4. The van der Waals surface area contributed by atoms with Gasteiger partial charge in [-0.1, -0.05) is 18.1 Å². The van der Waals surface area contributed by atoms with Gasteiger partial charge in [0.2, 0.25) is 0 Å². The zero-order chi connectivity index (χ0) is 22.8. The number of hydrogen-bond acceptors (Lipinski definition) is 5. The average molecular weight is 445 g/mol. The van der Waals surface area contributed by atoms with E-state index < -0.39 is 0 Å². The highest BCUT2D eigenvalue weighted by Crippen LogP contribution is 2.40. The van der Waals surface area contributed by atoms with Gasteiger partial charge in [-0.15, -0.1) is 0 Å². The van der Waals surface area contributed by atoms with Crippen molar-refractivity contribution in [1.29, 1.82) is 0 Å². The van der Waals surface area contributed by atoms with Gasteiger partial charge in [-0.05, 0) is 51.2 Å². The predicted octanol–water partition coefficient (Wildman–Crippen LogP) is 4.31. The molecule has 1 aliphatic heterocycles. The van der Waals surface area contributed by atoms with E-state index in [1.807, 2.05) is 13.0 Å². The molecule has 0 aromatic carbocycles. The van der Waals surface area contributed by atoms with Gasteiger partial charge in [0.05, 0.1) is 24.7 Å². The zero-order valence-electron chi connectivity index (χ0n) is 19.5. The minimum atomic E-state index is -0.333. The van der Waals surface area contributed by atoms with E-state index in [9.17, 15) is 0 Å². The lowest BCUT2D eigenvalue weighted by Gasteiger charge is -2.28. The first-order valence-electron chi connectivity index (χ1n) is 11.8. The second kappa shape index (κ2) is 12.7. The van der Waals surface area contributed by atoms with E-state index in [1.54, 1.807) is 19.2 Å². The van der Waals surface area contributed by atoms with E-state index in [4.69, 9.17) is 15.2 Å². The van der Waals surface area contributed by atoms with Crippen molar-refractivity contribution in [2.24, 2.45) is 21.6 Å². The van der Waals surface area contributed by atoms with Gasteiger partial charge in [0, 0.05) is 44.4 Å². The maximum atomic E-state index is 15.8. The Morgan fingerprint density at radius 3 is 2.84 bits per heavy atom. The van der Waals surface area contributed by atoms with Crippen LogP contribution < -0.4 is 5.73 Å². The normalized spacial score (nSPS) is 22.3. The molecule has 0 bridgehead atoms. The molecular weight excluding hydrogens is 407 g/mol. The molecule has 1 saturated heterocycles. The lowest BCUT2D eigenvalue weighted by molar-refractivity contribution is 0.126. The molecule has 176 valence electrons. The minimum Gasteiger partial charge on any atom is -0.493 e. The Balaban J connectivity index is 1.79. The Morgan fingerprint density at radius 1 is 1.28 bits per heavy atom. The van der Waals surface area contributed by atoms with Crippen molar-refractivity contribution in [2.45, 2.75) is 46.0 Å². The highest BCUT2D eigenvalue weighted by Gasteiger charge is 2.27. The van der Waals surface area contributed by atoms with Crippen LogP contribution in [-0.2, 0) is 9.47 Å². The highest BCUT2D eigenvalue weighted by molar-refractivity contribution is 5.77. The first-order chi connectivity index (χ1) is 15.6. The van der Waals surface area contributed by atoms with Crippen LogP contribution in [0.2, 0.25) is 0 Å². The fourth-order valence-corrected chi connectivity index (χ4v) is 4.07. The number of ether oxygens (including phenoxy) is 2. The number of allylic oxidation sites excluding steroid dienone is 4. The molecule has 0 aromatic rings. The SMILES string of the molecule is C/C=N\C(=C\C/N=C(\C)N)C1=CC=C(C2CCC2)CC(OCCN2CCCOCC2)=C1F. The highest BCUT2D eigenvalue weighted by atomic mass is 19.1. The topological polar surface area (TPSA) is 72.4 Å². The van der Waals surface area contributed by atoms with Crippen LogP contribution in [0.5, 0.6) is 0 Å². The molecule has 1 heterocycles. The maximum absolute atomic E-state index is 15.8. The van der Waals surface area contributed by atoms with Crippen LogP contribution in [0.15, 0.2) is 56.6 Å². The Hall–Kier alpha value is -2.25. The second-order valence-electron chi connectivity index (χ2n) is 8.48. The van der Waals surface area contributed by atoms with Crippen LogP contribution >= 0.6 is 0 Å². The fraction of sp³-hybridized carbons (Fsp3) is 0.600. The van der Waals surface area contributed by atoms with Gasteiger partial charge >= 0.3 is 0 Å². The molecule has 7 heteroatoms. The number of hydrogen-bond donors (Lipinski definition) is 1. The number of halogens is 1. The molecule has 0 unspecified atom stereocenters. The van der Waals surface area contributed by atoms with Gasteiger partial charge in [0.25, 0.3) is 0 Å². The predicted molar refractivity (Wildman–Crippen MR) is 128 cm³/mol. The van der Waals surface area contributed by atoms with E-state index in [2.05, 4.69) is 21.0 Å². The third-order valence-electron chi connectivity index (χ3n) is 6.11. The maximum Gasteiger partial charge on any atom is 0.170 e. The number of aliphatic imine (C=N–C) groups is 2. The molecule has 3 rings (SSSR count). The van der Waals surface area contributed by atoms with Gasteiger partial charge in [-0.2, -0.15) is 0 Å². The Bertz CT molecular complexity index is 810. The fourth-order valence-electron chi connectivity index (χ4n) is 4.07. The lowest BCUT2D eigenvalue weighted by Crippen LogP contribution is -2.30. The first-order valence-corrected chi connectivity index (χ1v) is 11.8. The van der Waals surface area contributed by atoms with Crippen molar-refractivity contribution in [1.82, 2.24) is 4.90 Å². The van der Waals surface area contributed by atoms with Crippen molar-refractivity contribution in [3.8, 4) is 0 Å². The smallest absolute Gasteiger partial charge is 0.170 e. The van der Waals surface area contributed by atoms with E-state index in [-0.39, 0.29) is 5.83 Å². The molecule has 0 amide bonds.